The molecule has 182 valence electrons. The van der Waals surface area contributed by atoms with Crippen molar-refractivity contribution < 1.29 is 19.7 Å². The van der Waals surface area contributed by atoms with E-state index in [4.69, 9.17) is 4.74 Å². The van der Waals surface area contributed by atoms with E-state index in [1.165, 1.54) is 34.2 Å². The van der Waals surface area contributed by atoms with Gasteiger partial charge in [-0.3, -0.25) is 9.69 Å². The van der Waals surface area contributed by atoms with Crippen LogP contribution in [0.4, 0.5) is 17.1 Å². The van der Waals surface area contributed by atoms with E-state index in [1.807, 2.05) is 13.8 Å². The number of carbonyl (C=O) groups excluding carboxylic acids is 1. The topological polar surface area (TPSA) is 82.0 Å². The molecule has 6 nitrogen and oxygen atoms in total. The fourth-order valence-corrected chi connectivity index (χ4v) is 3.88. The lowest BCUT2D eigenvalue weighted by Gasteiger charge is -2.30. The molecule has 3 rings (SSSR count). The summed E-state index contributed by atoms with van der Waals surface area (Å²) >= 11 is 0. The van der Waals surface area contributed by atoms with Gasteiger partial charge in [0.15, 0.2) is 0 Å². The number of carbonyl (C=O) groups is 1. The molecule has 2 aromatic carbocycles. The Labute approximate surface area is 202 Å². The quantitative estimate of drug-likeness (QED) is 0.211. The molecule has 1 aliphatic heterocycles. The Hall–Kier alpha value is -3.25. The first kappa shape index (κ1) is 25.4. The Morgan fingerprint density at radius 2 is 1.85 bits per heavy atom. The molecule has 6 heteroatoms. The number of hydrogen-bond acceptors (Lipinski definition) is 5. The van der Waals surface area contributed by atoms with Crippen molar-refractivity contribution in [1.29, 1.82) is 0 Å². The Morgan fingerprint density at radius 1 is 1.09 bits per heavy atom. The highest BCUT2D eigenvalue weighted by atomic mass is 16.5. The third kappa shape index (κ3) is 6.41. The molecule has 0 saturated heterocycles. The molecule has 0 aromatic heterocycles. The van der Waals surface area contributed by atoms with Crippen LogP contribution in [-0.4, -0.2) is 28.5 Å². The van der Waals surface area contributed by atoms with E-state index in [-0.39, 0.29) is 24.1 Å². The smallest absolute Gasteiger partial charge is 0.262 e. The fourth-order valence-electron chi connectivity index (χ4n) is 3.88. The summed E-state index contributed by atoms with van der Waals surface area (Å²) in [5.41, 5.74) is 4.02. The van der Waals surface area contributed by atoms with Crippen LogP contribution in [0.1, 0.15) is 70.7 Å². The maximum absolute atomic E-state index is 13.4. The molecule has 1 amide bonds. The minimum atomic E-state index is -0.463. The number of fused-ring (bicyclic) bond motifs is 2. The van der Waals surface area contributed by atoms with Gasteiger partial charge in [0.2, 0.25) is 0 Å². The second-order valence-electron chi connectivity index (χ2n) is 9.70. The Morgan fingerprint density at radius 3 is 2.59 bits per heavy atom. The number of aromatic hydroxyl groups is 2. The maximum atomic E-state index is 13.4. The third-order valence-corrected chi connectivity index (χ3v) is 5.96. The summed E-state index contributed by atoms with van der Waals surface area (Å²) in [5.74, 6) is -0.283. The molecule has 0 radical (unpaired) electrons. The van der Waals surface area contributed by atoms with Crippen molar-refractivity contribution in [2.45, 2.75) is 65.9 Å². The lowest BCUT2D eigenvalue weighted by molar-refractivity contribution is -0.0208. The summed E-state index contributed by atoms with van der Waals surface area (Å²) in [4.78, 5) is 14.9. The van der Waals surface area contributed by atoms with Gasteiger partial charge in [-0.25, -0.2) is 0 Å². The highest BCUT2D eigenvalue weighted by molar-refractivity contribution is 6.14. The molecule has 0 saturated carbocycles. The maximum Gasteiger partial charge on any atom is 0.262 e. The van der Waals surface area contributed by atoms with Gasteiger partial charge in [0.05, 0.1) is 28.2 Å². The molecule has 0 aliphatic carbocycles. The molecule has 0 unspecified atom stereocenters. The molecule has 3 N–H and O–H groups in total. The summed E-state index contributed by atoms with van der Waals surface area (Å²) in [6.45, 7) is 10.4. The first-order valence-corrected chi connectivity index (χ1v) is 11.7. The van der Waals surface area contributed by atoms with Crippen molar-refractivity contribution in [2.75, 3.05) is 16.9 Å². The van der Waals surface area contributed by atoms with Crippen LogP contribution in [0.25, 0.3) is 0 Å². The highest BCUT2D eigenvalue weighted by Crippen LogP contribution is 2.41. The zero-order chi connectivity index (χ0) is 24.9. The van der Waals surface area contributed by atoms with E-state index in [2.05, 4.69) is 38.2 Å². The predicted octanol–water partition coefficient (Wildman–Crippen LogP) is 7.03. The molecular weight excluding hydrogens is 428 g/mol. The number of para-hydroxylation sites is 1. The number of allylic oxidation sites excluding steroid dienone is 4. The van der Waals surface area contributed by atoms with Crippen LogP contribution in [-0.2, 0) is 4.74 Å². The first-order chi connectivity index (χ1) is 16.1. The number of anilines is 3. The summed E-state index contributed by atoms with van der Waals surface area (Å²) in [5, 5.41) is 23.5. The summed E-state index contributed by atoms with van der Waals surface area (Å²) in [6, 6.07) is 9.58. The molecule has 2 aromatic rings. The van der Waals surface area contributed by atoms with E-state index >= 15 is 0 Å². The third-order valence-electron chi connectivity index (χ3n) is 5.96. The van der Waals surface area contributed by atoms with Gasteiger partial charge in [0.25, 0.3) is 5.91 Å². The second-order valence-corrected chi connectivity index (χ2v) is 9.70. The SMILES string of the molecule is CC(C)=CCC/C(C)=C/CCC(C)(C)OCN1C(=O)c2cccc(O)c2Nc2ccc(O)cc21. The molecule has 0 spiro atoms. The standard InChI is InChI=1S/C28H36N2O4/c1-19(2)9-6-10-20(3)11-8-16-28(4,5)34-18-30-24-17-21(31)14-15-23(24)29-26-22(27(30)33)12-7-13-25(26)32/h7,9,11-15,17,29,31-32H,6,8,10,16,18H2,1-5H3/b20-11+. The molecule has 1 aliphatic rings. The van der Waals surface area contributed by atoms with E-state index in [0.717, 1.165) is 25.7 Å². The number of ether oxygens (including phenoxy) is 1. The van der Waals surface area contributed by atoms with Crippen molar-refractivity contribution in [2.24, 2.45) is 0 Å². The first-order valence-electron chi connectivity index (χ1n) is 11.7. The van der Waals surface area contributed by atoms with Gasteiger partial charge in [-0.1, -0.05) is 29.4 Å². The van der Waals surface area contributed by atoms with Crippen LogP contribution in [0.15, 0.2) is 59.7 Å². The van der Waals surface area contributed by atoms with Crippen LogP contribution >= 0.6 is 0 Å². The zero-order valence-corrected chi connectivity index (χ0v) is 20.8. The van der Waals surface area contributed by atoms with Crippen LogP contribution in [0.2, 0.25) is 0 Å². The Balaban J connectivity index is 1.73. The van der Waals surface area contributed by atoms with E-state index in [1.54, 1.807) is 18.2 Å². The molecule has 34 heavy (non-hydrogen) atoms. The Bertz CT molecular complexity index is 1100. The van der Waals surface area contributed by atoms with Gasteiger partial charge >= 0.3 is 0 Å². The highest BCUT2D eigenvalue weighted by Gasteiger charge is 2.30. The van der Waals surface area contributed by atoms with Crippen LogP contribution in [0.3, 0.4) is 0 Å². The van der Waals surface area contributed by atoms with Gasteiger partial charge < -0.3 is 20.3 Å². The van der Waals surface area contributed by atoms with E-state index in [0.29, 0.717) is 22.6 Å². The van der Waals surface area contributed by atoms with Crippen LogP contribution in [0.5, 0.6) is 11.5 Å². The summed E-state index contributed by atoms with van der Waals surface area (Å²) in [6.07, 6.45) is 8.31. The van der Waals surface area contributed by atoms with Gasteiger partial charge in [0, 0.05) is 6.07 Å². The average molecular weight is 465 g/mol. The minimum Gasteiger partial charge on any atom is -0.508 e. The van der Waals surface area contributed by atoms with Gasteiger partial charge in [0.1, 0.15) is 18.2 Å². The number of nitrogens with zero attached hydrogens (tertiary/aromatic N) is 1. The molecule has 0 atom stereocenters. The van der Waals surface area contributed by atoms with Crippen molar-refractivity contribution >= 4 is 23.0 Å². The lowest BCUT2D eigenvalue weighted by atomic mass is 10.0. The van der Waals surface area contributed by atoms with Crippen molar-refractivity contribution in [3.8, 4) is 11.5 Å². The van der Waals surface area contributed by atoms with Crippen LogP contribution in [0, 0.1) is 0 Å². The lowest BCUT2D eigenvalue weighted by Crippen LogP contribution is -2.37. The molecule has 0 bridgehead atoms. The van der Waals surface area contributed by atoms with E-state index in [9.17, 15) is 15.0 Å². The number of phenolic OH excluding ortho intramolecular Hbond substituents is 2. The number of phenols is 2. The average Bonchev–Trinajstić information content (AvgIpc) is 2.87. The number of hydrogen-bond donors (Lipinski definition) is 3. The van der Waals surface area contributed by atoms with Crippen molar-refractivity contribution in [3.05, 3.63) is 65.3 Å². The van der Waals surface area contributed by atoms with Crippen LogP contribution < -0.4 is 10.2 Å². The van der Waals surface area contributed by atoms with E-state index < -0.39 is 5.60 Å². The number of nitrogens with one attached hydrogen (secondary N) is 1. The molecular formula is C28H36N2O4. The summed E-state index contributed by atoms with van der Waals surface area (Å²) < 4.78 is 6.23. The number of benzene rings is 2. The molecule has 1 heterocycles. The largest absolute Gasteiger partial charge is 0.508 e. The Kier molecular flexibility index (Phi) is 8.05. The minimum absolute atomic E-state index is 0.0141. The molecule has 0 fully saturated rings. The zero-order valence-electron chi connectivity index (χ0n) is 20.8. The monoisotopic (exact) mass is 464 g/mol. The van der Waals surface area contributed by atoms with Crippen molar-refractivity contribution in [3.63, 3.8) is 0 Å². The summed E-state index contributed by atoms with van der Waals surface area (Å²) in [7, 11) is 0. The number of amides is 1. The second kappa shape index (κ2) is 10.8. The van der Waals surface area contributed by atoms with Gasteiger partial charge in [-0.2, -0.15) is 0 Å². The van der Waals surface area contributed by atoms with Gasteiger partial charge in [-0.15, -0.1) is 0 Å². The van der Waals surface area contributed by atoms with Crippen molar-refractivity contribution in [1.82, 2.24) is 0 Å². The number of rotatable bonds is 9. The van der Waals surface area contributed by atoms with Gasteiger partial charge in [-0.05, 0) is 84.6 Å². The predicted molar refractivity (Wildman–Crippen MR) is 138 cm³/mol. The fraction of sp³-hybridized carbons (Fsp3) is 0.393. The normalized spacial score (nSPS) is 13.6.